The number of likely N-dealkylation sites (tertiary alicyclic amines) is 1. The van der Waals surface area contributed by atoms with Gasteiger partial charge in [0, 0.05) is 13.1 Å². The molecule has 1 N–H and O–H groups in total. The van der Waals surface area contributed by atoms with Gasteiger partial charge in [-0.2, -0.15) is 0 Å². The Bertz CT molecular complexity index is 597. The standard InChI is InChI=1S/C21H28N2O/c1-2-23-13-12-20(16-23)15-22-14-18-8-10-21(11-9-18)24-17-19-6-4-3-5-7-19/h3-11,20,22H,2,12-17H2,1H3. The molecule has 3 heteroatoms. The molecule has 0 radical (unpaired) electrons. The highest BCUT2D eigenvalue weighted by atomic mass is 16.5. The third-order valence-corrected chi connectivity index (χ3v) is 4.75. The number of nitrogens with one attached hydrogen (secondary N) is 1. The second kappa shape index (κ2) is 8.86. The molecule has 1 heterocycles. The smallest absolute Gasteiger partial charge is 0.119 e. The summed E-state index contributed by atoms with van der Waals surface area (Å²) in [5.41, 5.74) is 2.51. The van der Waals surface area contributed by atoms with Gasteiger partial charge in [0.05, 0.1) is 0 Å². The van der Waals surface area contributed by atoms with E-state index in [0.717, 1.165) is 24.8 Å². The van der Waals surface area contributed by atoms with Crippen molar-refractivity contribution in [2.24, 2.45) is 5.92 Å². The molecule has 1 atom stereocenters. The molecule has 3 rings (SSSR count). The summed E-state index contributed by atoms with van der Waals surface area (Å²) in [6.07, 6.45) is 1.33. The lowest BCUT2D eigenvalue weighted by molar-refractivity contribution is 0.306. The van der Waals surface area contributed by atoms with Crippen molar-refractivity contribution in [2.75, 3.05) is 26.2 Å². The molecule has 0 spiro atoms. The van der Waals surface area contributed by atoms with E-state index in [9.17, 15) is 0 Å². The van der Waals surface area contributed by atoms with E-state index < -0.39 is 0 Å². The van der Waals surface area contributed by atoms with Gasteiger partial charge in [-0.25, -0.2) is 0 Å². The molecule has 1 fully saturated rings. The van der Waals surface area contributed by atoms with Crippen LogP contribution in [-0.4, -0.2) is 31.1 Å². The van der Waals surface area contributed by atoms with Crippen molar-refractivity contribution >= 4 is 0 Å². The minimum absolute atomic E-state index is 0.619. The van der Waals surface area contributed by atoms with E-state index >= 15 is 0 Å². The summed E-state index contributed by atoms with van der Waals surface area (Å²) in [5, 5.41) is 3.60. The first-order chi connectivity index (χ1) is 11.8. The Hall–Kier alpha value is -1.84. The van der Waals surface area contributed by atoms with Crippen molar-refractivity contribution in [3.05, 3.63) is 65.7 Å². The average molecular weight is 324 g/mol. The fourth-order valence-corrected chi connectivity index (χ4v) is 3.23. The molecule has 0 aromatic heterocycles. The fraction of sp³-hybridized carbons (Fsp3) is 0.429. The molecule has 24 heavy (non-hydrogen) atoms. The number of hydrogen-bond acceptors (Lipinski definition) is 3. The molecule has 3 nitrogen and oxygen atoms in total. The van der Waals surface area contributed by atoms with Gasteiger partial charge in [-0.15, -0.1) is 0 Å². The molecule has 1 aliphatic heterocycles. The molecule has 1 unspecified atom stereocenters. The van der Waals surface area contributed by atoms with Crippen molar-refractivity contribution in [3.8, 4) is 5.75 Å². The summed E-state index contributed by atoms with van der Waals surface area (Å²) >= 11 is 0. The monoisotopic (exact) mass is 324 g/mol. The largest absolute Gasteiger partial charge is 0.489 e. The predicted octanol–water partition coefficient (Wildman–Crippen LogP) is 3.70. The van der Waals surface area contributed by atoms with Crippen LogP contribution in [0.1, 0.15) is 24.5 Å². The van der Waals surface area contributed by atoms with Crippen LogP contribution in [0.25, 0.3) is 0 Å². The Kier molecular flexibility index (Phi) is 6.27. The lowest BCUT2D eigenvalue weighted by atomic mass is 10.1. The van der Waals surface area contributed by atoms with Crippen molar-refractivity contribution in [3.63, 3.8) is 0 Å². The van der Waals surface area contributed by atoms with Crippen LogP contribution in [-0.2, 0) is 13.2 Å². The normalized spacial score (nSPS) is 18.0. The summed E-state index contributed by atoms with van der Waals surface area (Å²) in [5.74, 6) is 1.73. The maximum absolute atomic E-state index is 5.83. The van der Waals surface area contributed by atoms with Crippen molar-refractivity contribution in [1.82, 2.24) is 10.2 Å². The van der Waals surface area contributed by atoms with Crippen LogP contribution in [0.4, 0.5) is 0 Å². The molecule has 128 valence electrons. The Morgan fingerprint density at radius 3 is 2.54 bits per heavy atom. The lowest BCUT2D eigenvalue weighted by Gasteiger charge is -2.14. The molecule has 1 saturated heterocycles. The van der Waals surface area contributed by atoms with E-state index in [0.29, 0.717) is 6.61 Å². The zero-order valence-corrected chi connectivity index (χ0v) is 14.6. The number of nitrogens with zero attached hydrogens (tertiary/aromatic N) is 1. The average Bonchev–Trinajstić information content (AvgIpc) is 3.10. The maximum atomic E-state index is 5.83. The van der Waals surface area contributed by atoms with E-state index in [1.54, 1.807) is 0 Å². The third kappa shape index (κ3) is 5.08. The van der Waals surface area contributed by atoms with E-state index in [2.05, 4.69) is 53.5 Å². The first-order valence-corrected chi connectivity index (χ1v) is 9.02. The molecule has 0 saturated carbocycles. The highest BCUT2D eigenvalue weighted by molar-refractivity contribution is 5.27. The topological polar surface area (TPSA) is 24.5 Å². The number of benzene rings is 2. The third-order valence-electron chi connectivity index (χ3n) is 4.75. The summed E-state index contributed by atoms with van der Waals surface area (Å²) in [6.45, 7) is 8.60. The van der Waals surface area contributed by atoms with Crippen LogP contribution >= 0.6 is 0 Å². The first-order valence-electron chi connectivity index (χ1n) is 9.02. The quantitative estimate of drug-likeness (QED) is 0.801. The van der Waals surface area contributed by atoms with Crippen LogP contribution in [0.2, 0.25) is 0 Å². The first kappa shape index (κ1) is 17.0. The van der Waals surface area contributed by atoms with Gasteiger partial charge in [0.25, 0.3) is 0 Å². The second-order valence-corrected chi connectivity index (χ2v) is 6.60. The van der Waals surface area contributed by atoms with E-state index in [-0.39, 0.29) is 0 Å². The van der Waals surface area contributed by atoms with Crippen LogP contribution in [0.3, 0.4) is 0 Å². The Morgan fingerprint density at radius 2 is 1.83 bits per heavy atom. The fourth-order valence-electron chi connectivity index (χ4n) is 3.23. The van der Waals surface area contributed by atoms with Gasteiger partial charge >= 0.3 is 0 Å². The Balaban J connectivity index is 1.38. The SMILES string of the molecule is CCN1CCC(CNCc2ccc(OCc3ccccc3)cc2)C1. The number of hydrogen-bond donors (Lipinski definition) is 1. The zero-order chi connectivity index (χ0) is 16.6. The van der Waals surface area contributed by atoms with Crippen molar-refractivity contribution < 1.29 is 4.74 Å². The number of ether oxygens (including phenoxy) is 1. The lowest BCUT2D eigenvalue weighted by Crippen LogP contribution is -2.26. The van der Waals surface area contributed by atoms with Gasteiger partial charge in [-0.3, -0.25) is 0 Å². The van der Waals surface area contributed by atoms with Gasteiger partial charge in [0.15, 0.2) is 0 Å². The highest BCUT2D eigenvalue weighted by Gasteiger charge is 2.20. The molecule has 0 bridgehead atoms. The molecule has 2 aromatic rings. The summed E-state index contributed by atoms with van der Waals surface area (Å²) < 4.78 is 5.83. The second-order valence-electron chi connectivity index (χ2n) is 6.60. The number of rotatable bonds is 8. The van der Waals surface area contributed by atoms with Gasteiger partial charge < -0.3 is 15.0 Å². The van der Waals surface area contributed by atoms with Crippen LogP contribution in [0, 0.1) is 5.92 Å². The summed E-state index contributed by atoms with van der Waals surface area (Å²) in [4.78, 5) is 2.53. The van der Waals surface area contributed by atoms with Crippen LogP contribution in [0.5, 0.6) is 5.75 Å². The molecular formula is C21H28N2O. The van der Waals surface area contributed by atoms with Gasteiger partial charge in [-0.05, 0) is 55.2 Å². The van der Waals surface area contributed by atoms with E-state index in [1.807, 2.05) is 18.2 Å². The zero-order valence-electron chi connectivity index (χ0n) is 14.6. The molecule has 2 aromatic carbocycles. The van der Waals surface area contributed by atoms with Gasteiger partial charge in [0.1, 0.15) is 12.4 Å². The van der Waals surface area contributed by atoms with Gasteiger partial charge in [-0.1, -0.05) is 49.4 Å². The van der Waals surface area contributed by atoms with Crippen molar-refractivity contribution in [1.29, 1.82) is 0 Å². The van der Waals surface area contributed by atoms with Crippen LogP contribution in [0.15, 0.2) is 54.6 Å². The molecule has 0 aliphatic carbocycles. The Morgan fingerprint density at radius 1 is 1.04 bits per heavy atom. The molecular weight excluding hydrogens is 296 g/mol. The minimum Gasteiger partial charge on any atom is -0.489 e. The van der Waals surface area contributed by atoms with Crippen molar-refractivity contribution in [2.45, 2.75) is 26.5 Å². The van der Waals surface area contributed by atoms with E-state index in [4.69, 9.17) is 4.74 Å². The highest BCUT2D eigenvalue weighted by Crippen LogP contribution is 2.16. The van der Waals surface area contributed by atoms with E-state index in [1.165, 1.54) is 37.2 Å². The summed E-state index contributed by atoms with van der Waals surface area (Å²) in [6, 6.07) is 18.7. The maximum Gasteiger partial charge on any atom is 0.119 e. The minimum atomic E-state index is 0.619. The predicted molar refractivity (Wildman–Crippen MR) is 99.1 cm³/mol. The van der Waals surface area contributed by atoms with Crippen LogP contribution < -0.4 is 10.1 Å². The molecule has 0 amide bonds. The molecule has 1 aliphatic rings. The van der Waals surface area contributed by atoms with Gasteiger partial charge in [0.2, 0.25) is 0 Å². The summed E-state index contributed by atoms with van der Waals surface area (Å²) in [7, 11) is 0. The Labute approximate surface area is 145 Å².